The van der Waals surface area contributed by atoms with Crippen molar-refractivity contribution in [3.05, 3.63) is 28.9 Å². The van der Waals surface area contributed by atoms with Crippen molar-refractivity contribution in [1.82, 2.24) is 24.4 Å². The maximum absolute atomic E-state index is 12.7. The third-order valence-electron chi connectivity index (χ3n) is 4.52. The lowest BCUT2D eigenvalue weighted by Gasteiger charge is -2.33. The van der Waals surface area contributed by atoms with E-state index in [2.05, 4.69) is 15.0 Å². The summed E-state index contributed by atoms with van der Waals surface area (Å²) in [5.74, 6) is -1.18. The van der Waals surface area contributed by atoms with Crippen molar-refractivity contribution in [2.45, 2.75) is 25.3 Å². The first-order valence-corrected chi connectivity index (χ1v) is 7.69. The summed E-state index contributed by atoms with van der Waals surface area (Å²) < 4.78 is 27.0. The smallest absolute Gasteiger partial charge is 0.326 e. The third-order valence-corrected chi connectivity index (χ3v) is 4.52. The van der Waals surface area contributed by atoms with Gasteiger partial charge in [0.25, 0.3) is 5.91 Å². The molecule has 0 radical (unpaired) electrons. The molecular formula is C15H15F2N5O2. The molecule has 1 saturated heterocycles. The van der Waals surface area contributed by atoms with Crippen LogP contribution in [0.1, 0.15) is 18.9 Å². The molecule has 0 spiro atoms. The maximum Gasteiger partial charge on any atom is 0.326 e. The number of aromatic nitrogens is 4. The highest BCUT2D eigenvalue weighted by Crippen LogP contribution is 2.28. The highest BCUT2D eigenvalue weighted by Gasteiger charge is 2.31. The van der Waals surface area contributed by atoms with Gasteiger partial charge in [-0.25, -0.2) is 9.78 Å². The quantitative estimate of drug-likeness (QED) is 0.746. The van der Waals surface area contributed by atoms with Gasteiger partial charge < -0.3 is 14.9 Å². The van der Waals surface area contributed by atoms with E-state index < -0.39 is 12.3 Å². The summed E-state index contributed by atoms with van der Waals surface area (Å²) in [5, 5.41) is 0.781. The van der Waals surface area contributed by atoms with Gasteiger partial charge in [-0.05, 0) is 18.9 Å². The monoisotopic (exact) mass is 335 g/mol. The van der Waals surface area contributed by atoms with Gasteiger partial charge in [0.1, 0.15) is 5.65 Å². The molecule has 1 atom stereocenters. The van der Waals surface area contributed by atoms with E-state index in [4.69, 9.17) is 0 Å². The molecule has 3 aromatic heterocycles. The molecule has 0 aliphatic carbocycles. The molecule has 7 nitrogen and oxygen atoms in total. The number of carbonyl (C=O) groups is 1. The Morgan fingerprint density at radius 3 is 3.04 bits per heavy atom. The van der Waals surface area contributed by atoms with Crippen molar-refractivity contribution in [2.75, 3.05) is 13.1 Å². The lowest BCUT2D eigenvalue weighted by Crippen LogP contribution is -2.44. The first-order valence-electron chi connectivity index (χ1n) is 7.69. The fourth-order valence-corrected chi connectivity index (χ4v) is 3.47. The van der Waals surface area contributed by atoms with Crippen molar-refractivity contribution in [2.24, 2.45) is 0 Å². The number of hydrogen-bond acceptors (Lipinski definition) is 3. The number of aromatic amines is 2. The second-order valence-electron chi connectivity index (χ2n) is 5.94. The number of halogens is 2. The van der Waals surface area contributed by atoms with Gasteiger partial charge in [0, 0.05) is 24.7 Å². The highest BCUT2D eigenvalue weighted by atomic mass is 19.3. The van der Waals surface area contributed by atoms with Crippen LogP contribution in [0.25, 0.3) is 22.1 Å². The molecular weight excluding hydrogens is 320 g/mol. The van der Waals surface area contributed by atoms with Gasteiger partial charge in [-0.15, -0.1) is 0 Å². The molecule has 1 amide bonds. The zero-order chi connectivity index (χ0) is 16.8. The second kappa shape index (κ2) is 5.43. The molecule has 0 bridgehead atoms. The van der Waals surface area contributed by atoms with Crippen molar-refractivity contribution in [3.63, 3.8) is 0 Å². The number of fused-ring (bicyclic) bond motifs is 3. The molecule has 4 heterocycles. The topological polar surface area (TPSA) is 86.8 Å². The predicted octanol–water partition coefficient (Wildman–Crippen LogP) is 1.63. The average Bonchev–Trinajstić information content (AvgIpc) is 3.16. The Morgan fingerprint density at radius 1 is 1.42 bits per heavy atom. The number of rotatable bonds is 2. The summed E-state index contributed by atoms with van der Waals surface area (Å²) >= 11 is 0. The van der Waals surface area contributed by atoms with E-state index in [0.717, 1.165) is 10.3 Å². The molecule has 126 valence electrons. The molecule has 0 saturated carbocycles. The van der Waals surface area contributed by atoms with Crippen molar-refractivity contribution >= 4 is 28.0 Å². The Morgan fingerprint density at radius 2 is 2.25 bits per heavy atom. The van der Waals surface area contributed by atoms with Crippen LogP contribution in [0.5, 0.6) is 0 Å². The van der Waals surface area contributed by atoms with Crippen LogP contribution in [0.15, 0.2) is 23.3 Å². The van der Waals surface area contributed by atoms with E-state index in [0.29, 0.717) is 29.5 Å². The number of pyridine rings is 1. The van der Waals surface area contributed by atoms with Crippen LogP contribution >= 0.6 is 0 Å². The molecule has 4 rings (SSSR count). The van der Waals surface area contributed by atoms with E-state index in [-0.39, 0.29) is 24.8 Å². The van der Waals surface area contributed by atoms with Crippen LogP contribution in [0.3, 0.4) is 0 Å². The SMILES string of the molecule is O=C(C(F)F)N1CCC[C@@H](n2c(=O)[nH]c3cnc4[nH]ccc4c32)C1. The standard InChI is InChI=1S/C15H15F2N5O2/c16-12(17)14(23)21-5-1-2-8(7-21)22-11-9-3-4-18-13(9)19-6-10(11)20-15(22)24/h3-4,6,8,12H,1-2,5,7H2,(H,18,19)(H,20,24)/t8-/m1/s1. The number of nitrogens with zero attached hydrogens (tertiary/aromatic N) is 3. The van der Waals surface area contributed by atoms with E-state index in [1.165, 1.54) is 0 Å². The first-order chi connectivity index (χ1) is 11.6. The van der Waals surface area contributed by atoms with E-state index in [9.17, 15) is 18.4 Å². The number of likely N-dealkylation sites (tertiary alicyclic amines) is 1. The first kappa shape index (κ1) is 14.9. The number of amides is 1. The Bertz CT molecular complexity index is 973. The minimum Gasteiger partial charge on any atom is -0.346 e. The minimum absolute atomic E-state index is 0.101. The van der Waals surface area contributed by atoms with Crippen LogP contribution in [0.2, 0.25) is 0 Å². The number of nitrogens with one attached hydrogen (secondary N) is 2. The van der Waals surface area contributed by atoms with Gasteiger partial charge >= 0.3 is 12.1 Å². The summed E-state index contributed by atoms with van der Waals surface area (Å²) in [4.78, 5) is 35.1. The zero-order valence-corrected chi connectivity index (χ0v) is 12.6. The summed E-state index contributed by atoms with van der Waals surface area (Å²) in [6.45, 7) is 0.391. The lowest BCUT2D eigenvalue weighted by molar-refractivity contribution is -0.144. The van der Waals surface area contributed by atoms with Crippen molar-refractivity contribution < 1.29 is 13.6 Å². The van der Waals surface area contributed by atoms with Crippen LogP contribution in [-0.4, -0.2) is 49.8 Å². The van der Waals surface area contributed by atoms with Crippen LogP contribution in [0, 0.1) is 0 Å². The predicted molar refractivity (Wildman–Crippen MR) is 83.1 cm³/mol. The largest absolute Gasteiger partial charge is 0.346 e. The highest BCUT2D eigenvalue weighted by molar-refractivity contribution is 6.00. The number of alkyl halides is 2. The molecule has 2 N–H and O–H groups in total. The lowest BCUT2D eigenvalue weighted by atomic mass is 10.0. The third kappa shape index (κ3) is 2.19. The van der Waals surface area contributed by atoms with Crippen LogP contribution in [0.4, 0.5) is 8.78 Å². The molecule has 24 heavy (non-hydrogen) atoms. The Balaban J connectivity index is 1.81. The van der Waals surface area contributed by atoms with Gasteiger partial charge in [0.05, 0.1) is 23.3 Å². The van der Waals surface area contributed by atoms with Gasteiger partial charge in [-0.3, -0.25) is 9.36 Å². The van der Waals surface area contributed by atoms with Crippen LogP contribution in [-0.2, 0) is 4.79 Å². The van der Waals surface area contributed by atoms with Gasteiger partial charge in [-0.2, -0.15) is 8.78 Å². The normalized spacial score (nSPS) is 18.8. The van der Waals surface area contributed by atoms with E-state index in [1.54, 1.807) is 17.0 Å². The zero-order valence-electron chi connectivity index (χ0n) is 12.6. The van der Waals surface area contributed by atoms with E-state index >= 15 is 0 Å². The minimum atomic E-state index is -3.02. The summed E-state index contributed by atoms with van der Waals surface area (Å²) in [5.41, 5.74) is 1.59. The number of H-pyrrole nitrogens is 2. The summed E-state index contributed by atoms with van der Waals surface area (Å²) in [7, 11) is 0. The van der Waals surface area contributed by atoms with Gasteiger partial charge in [0.2, 0.25) is 0 Å². The van der Waals surface area contributed by atoms with Crippen molar-refractivity contribution in [1.29, 1.82) is 0 Å². The fourth-order valence-electron chi connectivity index (χ4n) is 3.47. The maximum atomic E-state index is 12.7. The Kier molecular flexibility index (Phi) is 3.36. The molecule has 9 heteroatoms. The van der Waals surface area contributed by atoms with Crippen molar-refractivity contribution in [3.8, 4) is 0 Å². The van der Waals surface area contributed by atoms with Crippen LogP contribution < -0.4 is 5.69 Å². The number of hydrogen-bond donors (Lipinski definition) is 2. The van der Waals surface area contributed by atoms with Gasteiger partial charge in [0.15, 0.2) is 0 Å². The number of imidazole rings is 1. The molecule has 1 aliphatic heterocycles. The summed E-state index contributed by atoms with van der Waals surface area (Å²) in [6, 6.07) is 1.47. The number of carbonyl (C=O) groups excluding carboxylic acids is 1. The average molecular weight is 335 g/mol. The second-order valence-corrected chi connectivity index (χ2v) is 5.94. The van der Waals surface area contributed by atoms with Gasteiger partial charge in [-0.1, -0.05) is 0 Å². The molecule has 0 aromatic carbocycles. The molecule has 1 aliphatic rings. The molecule has 1 fully saturated rings. The summed E-state index contributed by atoms with van der Waals surface area (Å²) in [6.07, 6.45) is 1.49. The number of piperidine rings is 1. The Hall–Kier alpha value is -2.71. The Labute approximate surface area is 134 Å². The van der Waals surface area contributed by atoms with E-state index in [1.807, 2.05) is 6.07 Å². The molecule has 3 aromatic rings. The molecule has 0 unspecified atom stereocenters. The fraction of sp³-hybridized carbons (Fsp3) is 0.400.